The van der Waals surface area contributed by atoms with Gasteiger partial charge in [0.15, 0.2) is 0 Å². The van der Waals surface area contributed by atoms with Crippen LogP contribution >= 0.6 is 0 Å². The van der Waals surface area contributed by atoms with E-state index in [0.717, 1.165) is 6.04 Å². The summed E-state index contributed by atoms with van der Waals surface area (Å²) in [6.45, 7) is 15.9. The molecule has 0 aliphatic rings. The summed E-state index contributed by atoms with van der Waals surface area (Å²) < 4.78 is 32.5. The molecule has 0 saturated heterocycles. The predicted octanol–water partition coefficient (Wildman–Crippen LogP) is 3.71. The fraction of sp³-hybridized carbons (Fsp3) is 1.00. The van der Waals surface area contributed by atoms with Crippen molar-refractivity contribution in [2.45, 2.75) is 79.4 Å². The van der Waals surface area contributed by atoms with Gasteiger partial charge in [0.05, 0.1) is 0 Å². The molecule has 0 radical (unpaired) electrons. The Balaban J connectivity index is 0. The Morgan fingerprint density at radius 1 is 0.652 bits per heavy atom. The summed E-state index contributed by atoms with van der Waals surface area (Å²) in [6.07, 6.45) is 0.428. The Kier molecular flexibility index (Phi) is 13.9. The summed E-state index contributed by atoms with van der Waals surface area (Å²) in [5.74, 6) is 0. The molecule has 0 unspecified atom stereocenters. The van der Waals surface area contributed by atoms with Gasteiger partial charge in [-0.05, 0) is 41.5 Å². The first-order valence-electron chi connectivity index (χ1n) is 8.18. The van der Waals surface area contributed by atoms with Crippen molar-refractivity contribution in [2.24, 2.45) is 0 Å². The van der Waals surface area contributed by atoms with Gasteiger partial charge in [-0.25, -0.2) is 0 Å². The van der Waals surface area contributed by atoms with Gasteiger partial charge in [0, 0.05) is 52.2 Å². The minimum absolute atomic E-state index is 0.143. The van der Waals surface area contributed by atoms with Gasteiger partial charge >= 0.3 is 17.6 Å². The maximum absolute atomic E-state index is 5.75. The lowest BCUT2D eigenvalue weighted by Crippen LogP contribution is -2.47. The first-order chi connectivity index (χ1) is 10.5. The van der Waals surface area contributed by atoms with Gasteiger partial charge in [-0.2, -0.15) is 0 Å². The van der Waals surface area contributed by atoms with Crippen LogP contribution in [0.25, 0.3) is 0 Å². The van der Waals surface area contributed by atoms with Gasteiger partial charge in [-0.15, -0.1) is 0 Å². The highest BCUT2D eigenvalue weighted by atomic mass is 28.4. The normalized spacial score (nSPS) is 12.8. The van der Waals surface area contributed by atoms with E-state index in [2.05, 4.69) is 0 Å². The van der Waals surface area contributed by atoms with Crippen LogP contribution in [0.3, 0.4) is 0 Å². The largest absolute Gasteiger partial charge is 0.499 e. The van der Waals surface area contributed by atoms with Crippen LogP contribution in [0.15, 0.2) is 0 Å². The minimum Gasteiger partial charge on any atom is -0.377 e. The average Bonchev–Trinajstić information content (AvgIpc) is 2.39. The average molecular weight is 371 g/mol. The van der Waals surface area contributed by atoms with Gasteiger partial charge in [-0.1, -0.05) is 6.92 Å². The zero-order valence-electron chi connectivity index (χ0n) is 16.9. The highest BCUT2D eigenvalue weighted by Crippen LogP contribution is 2.16. The SMILES string of the molecule is CC(C)O[Si](C)(OC(C)C)OC(C)C.CC[Si](OC)(OC)OC. The van der Waals surface area contributed by atoms with Crippen LogP contribution in [0.5, 0.6) is 0 Å². The zero-order valence-corrected chi connectivity index (χ0v) is 18.9. The third-order valence-electron chi connectivity index (χ3n) is 2.72. The molecule has 0 aliphatic carbocycles. The van der Waals surface area contributed by atoms with Crippen LogP contribution < -0.4 is 0 Å². The van der Waals surface area contributed by atoms with Crippen LogP contribution in [0.4, 0.5) is 0 Å². The molecular formula is C15H38O6Si2. The van der Waals surface area contributed by atoms with E-state index in [-0.39, 0.29) is 18.3 Å². The molecule has 0 saturated carbocycles. The molecule has 0 aromatic heterocycles. The maximum Gasteiger partial charge on any atom is 0.499 e. The van der Waals surface area contributed by atoms with Crippen LogP contribution in [-0.2, 0) is 26.6 Å². The van der Waals surface area contributed by atoms with Crippen LogP contribution in [0, 0.1) is 0 Å². The number of hydrogen-bond acceptors (Lipinski definition) is 6. The van der Waals surface area contributed by atoms with Gasteiger partial charge in [0.2, 0.25) is 0 Å². The van der Waals surface area contributed by atoms with Crippen molar-refractivity contribution in [1.29, 1.82) is 0 Å². The molecule has 8 heteroatoms. The van der Waals surface area contributed by atoms with E-state index >= 15 is 0 Å². The molecule has 0 aromatic rings. The summed E-state index contributed by atoms with van der Waals surface area (Å²) in [6, 6.07) is 0.816. The Morgan fingerprint density at radius 2 is 0.913 bits per heavy atom. The summed E-state index contributed by atoms with van der Waals surface area (Å²) in [5, 5.41) is 0. The van der Waals surface area contributed by atoms with Crippen molar-refractivity contribution in [3.05, 3.63) is 0 Å². The second-order valence-electron chi connectivity index (χ2n) is 6.01. The number of rotatable bonds is 10. The Hall–Kier alpha value is 0.194. The summed E-state index contributed by atoms with van der Waals surface area (Å²) in [5.41, 5.74) is 0. The molecule has 0 spiro atoms. The first-order valence-corrected chi connectivity index (χ1v) is 12.3. The van der Waals surface area contributed by atoms with Crippen LogP contribution in [0.2, 0.25) is 12.6 Å². The van der Waals surface area contributed by atoms with Crippen molar-refractivity contribution in [3.63, 3.8) is 0 Å². The fourth-order valence-electron chi connectivity index (χ4n) is 2.05. The molecular weight excluding hydrogens is 332 g/mol. The lowest BCUT2D eigenvalue weighted by atomic mass is 10.5. The van der Waals surface area contributed by atoms with Gasteiger partial charge < -0.3 is 26.6 Å². The fourth-order valence-corrected chi connectivity index (χ4v) is 6.15. The van der Waals surface area contributed by atoms with E-state index in [1.807, 2.05) is 55.0 Å². The molecule has 142 valence electrons. The molecule has 0 fully saturated rings. The molecule has 0 bridgehead atoms. The van der Waals surface area contributed by atoms with E-state index in [4.69, 9.17) is 26.6 Å². The van der Waals surface area contributed by atoms with E-state index in [9.17, 15) is 0 Å². The van der Waals surface area contributed by atoms with E-state index in [1.165, 1.54) is 0 Å². The summed E-state index contributed by atoms with van der Waals surface area (Å²) in [4.78, 5) is 0. The third kappa shape index (κ3) is 12.2. The summed E-state index contributed by atoms with van der Waals surface area (Å²) in [7, 11) is 0.211. The van der Waals surface area contributed by atoms with Crippen LogP contribution in [-0.4, -0.2) is 57.3 Å². The monoisotopic (exact) mass is 370 g/mol. The second-order valence-corrected chi connectivity index (χ2v) is 11.7. The molecule has 0 amide bonds. The Bertz CT molecular complexity index is 239. The Morgan fingerprint density at radius 3 is 1.00 bits per heavy atom. The molecule has 23 heavy (non-hydrogen) atoms. The molecule has 0 heterocycles. The van der Waals surface area contributed by atoms with Crippen LogP contribution in [0.1, 0.15) is 48.5 Å². The predicted molar refractivity (Wildman–Crippen MR) is 97.5 cm³/mol. The summed E-state index contributed by atoms with van der Waals surface area (Å²) >= 11 is 0. The molecule has 0 aliphatic heterocycles. The van der Waals surface area contributed by atoms with E-state index in [0.29, 0.717) is 0 Å². The van der Waals surface area contributed by atoms with Crippen molar-refractivity contribution < 1.29 is 26.6 Å². The zero-order chi connectivity index (χ0) is 18.7. The topological polar surface area (TPSA) is 55.4 Å². The van der Waals surface area contributed by atoms with E-state index < -0.39 is 17.6 Å². The van der Waals surface area contributed by atoms with Gasteiger partial charge in [0.1, 0.15) is 0 Å². The molecule has 0 N–H and O–H groups in total. The lowest BCUT2D eigenvalue weighted by Gasteiger charge is -2.31. The molecule has 0 atom stereocenters. The van der Waals surface area contributed by atoms with Crippen molar-refractivity contribution >= 4 is 17.6 Å². The van der Waals surface area contributed by atoms with Crippen molar-refractivity contribution in [2.75, 3.05) is 21.3 Å². The first kappa shape index (κ1) is 25.4. The maximum atomic E-state index is 5.75. The highest BCUT2D eigenvalue weighted by Gasteiger charge is 2.38. The second kappa shape index (κ2) is 12.5. The van der Waals surface area contributed by atoms with Gasteiger partial charge in [-0.3, -0.25) is 0 Å². The molecule has 0 rings (SSSR count). The third-order valence-corrected chi connectivity index (χ3v) is 8.15. The van der Waals surface area contributed by atoms with Crippen molar-refractivity contribution in [1.82, 2.24) is 0 Å². The van der Waals surface area contributed by atoms with Crippen molar-refractivity contribution in [3.8, 4) is 0 Å². The van der Waals surface area contributed by atoms with E-state index in [1.54, 1.807) is 21.3 Å². The molecule has 6 nitrogen and oxygen atoms in total. The quantitative estimate of drug-likeness (QED) is 0.546. The standard InChI is InChI=1S/C10H24O3Si.C5H14O3Si/c1-8(2)11-14(7,12-9(3)4)13-10(5)6;1-5-9(6-2,7-3)8-4/h8-10H,1-7H3;5H2,1-4H3. The molecule has 0 aromatic carbocycles. The minimum atomic E-state index is -2.44. The highest BCUT2D eigenvalue weighted by molar-refractivity contribution is 6.60. The lowest BCUT2D eigenvalue weighted by molar-refractivity contribution is 0.00885. The smallest absolute Gasteiger partial charge is 0.377 e. The van der Waals surface area contributed by atoms with Gasteiger partial charge in [0.25, 0.3) is 0 Å². The number of hydrogen-bond donors (Lipinski definition) is 0. The Labute approximate surface area is 145 Å².